The minimum absolute atomic E-state index is 0.0216. The molecule has 2 atom stereocenters. The van der Waals surface area contributed by atoms with Gasteiger partial charge in [0.05, 0.1) is 5.92 Å². The molecule has 0 aromatic carbocycles. The van der Waals surface area contributed by atoms with E-state index in [0.29, 0.717) is 12.3 Å². The quantitative estimate of drug-likeness (QED) is 0.264. The van der Waals surface area contributed by atoms with Gasteiger partial charge in [-0.15, -0.1) is 0 Å². The number of amidine groups is 1. The average molecular weight is 272 g/mol. The van der Waals surface area contributed by atoms with Gasteiger partial charge < -0.3 is 21.2 Å². The molecule has 0 aliphatic carbocycles. The molecule has 0 aliphatic rings. The lowest BCUT2D eigenvalue weighted by Crippen LogP contribution is -2.49. The van der Waals surface area contributed by atoms with Crippen molar-refractivity contribution in [3.05, 3.63) is 0 Å². The number of oxime groups is 1. The largest absolute Gasteiger partial charge is 0.409 e. The molecule has 0 bridgehead atoms. The zero-order chi connectivity index (χ0) is 15.0. The lowest BCUT2D eigenvalue weighted by Gasteiger charge is -2.27. The predicted octanol–water partition coefficient (Wildman–Crippen LogP) is 0.852. The van der Waals surface area contributed by atoms with Crippen molar-refractivity contribution in [3.8, 4) is 0 Å². The van der Waals surface area contributed by atoms with Gasteiger partial charge in [0.15, 0.2) is 5.84 Å². The van der Waals surface area contributed by atoms with Crippen molar-refractivity contribution in [2.45, 2.75) is 39.7 Å². The van der Waals surface area contributed by atoms with Gasteiger partial charge >= 0.3 is 0 Å². The fourth-order valence-electron chi connectivity index (χ4n) is 1.87. The Morgan fingerprint density at radius 3 is 2.37 bits per heavy atom. The van der Waals surface area contributed by atoms with Gasteiger partial charge in [0.1, 0.15) is 0 Å². The van der Waals surface area contributed by atoms with Crippen molar-refractivity contribution in [2.75, 3.05) is 20.6 Å². The van der Waals surface area contributed by atoms with Gasteiger partial charge in [-0.05, 0) is 26.4 Å². The molecule has 0 aromatic rings. The monoisotopic (exact) mass is 272 g/mol. The highest BCUT2D eigenvalue weighted by Crippen LogP contribution is 2.10. The summed E-state index contributed by atoms with van der Waals surface area (Å²) in [5.74, 6) is -0.427. The molecule has 0 fully saturated rings. The van der Waals surface area contributed by atoms with Crippen molar-refractivity contribution in [3.63, 3.8) is 0 Å². The second-order valence-corrected chi connectivity index (χ2v) is 5.49. The molecule has 0 saturated heterocycles. The van der Waals surface area contributed by atoms with E-state index in [-0.39, 0.29) is 17.8 Å². The molecule has 6 heteroatoms. The summed E-state index contributed by atoms with van der Waals surface area (Å²) in [5, 5.41) is 14.7. The molecule has 0 aliphatic heterocycles. The van der Waals surface area contributed by atoms with Gasteiger partial charge in [-0.3, -0.25) is 4.79 Å². The van der Waals surface area contributed by atoms with E-state index in [0.717, 1.165) is 13.0 Å². The van der Waals surface area contributed by atoms with Gasteiger partial charge in [0.25, 0.3) is 0 Å². The van der Waals surface area contributed by atoms with Crippen LogP contribution in [0.25, 0.3) is 0 Å². The molecule has 0 rings (SSSR count). The highest BCUT2D eigenvalue weighted by molar-refractivity contribution is 6.02. The maximum absolute atomic E-state index is 12.2. The topological polar surface area (TPSA) is 91.0 Å². The van der Waals surface area contributed by atoms with E-state index in [1.165, 1.54) is 0 Å². The lowest BCUT2D eigenvalue weighted by atomic mass is 9.98. The van der Waals surface area contributed by atoms with E-state index in [1.54, 1.807) is 0 Å². The minimum Gasteiger partial charge on any atom is -0.409 e. The van der Waals surface area contributed by atoms with Crippen LogP contribution < -0.4 is 11.1 Å². The molecule has 0 aromatic heterocycles. The van der Waals surface area contributed by atoms with Gasteiger partial charge in [0.2, 0.25) is 5.91 Å². The molecule has 19 heavy (non-hydrogen) atoms. The van der Waals surface area contributed by atoms with Crippen molar-refractivity contribution in [1.29, 1.82) is 0 Å². The van der Waals surface area contributed by atoms with E-state index in [2.05, 4.69) is 24.3 Å². The number of nitrogens with one attached hydrogen (secondary N) is 1. The van der Waals surface area contributed by atoms with Gasteiger partial charge in [-0.2, -0.15) is 0 Å². The average Bonchev–Trinajstić information content (AvgIpc) is 2.33. The first-order valence-corrected chi connectivity index (χ1v) is 6.75. The molecular formula is C13H28N4O2. The van der Waals surface area contributed by atoms with Crippen LogP contribution in [-0.4, -0.2) is 48.5 Å². The number of hydrogen-bond donors (Lipinski definition) is 3. The van der Waals surface area contributed by atoms with Crippen molar-refractivity contribution < 1.29 is 10.0 Å². The number of rotatable bonds is 8. The Bertz CT molecular complexity index is 303. The fourth-order valence-corrected chi connectivity index (χ4v) is 1.87. The van der Waals surface area contributed by atoms with Crippen LogP contribution in [0.15, 0.2) is 5.16 Å². The van der Waals surface area contributed by atoms with Crippen LogP contribution in [0.5, 0.6) is 0 Å². The van der Waals surface area contributed by atoms with Crippen molar-refractivity contribution in [2.24, 2.45) is 22.7 Å². The van der Waals surface area contributed by atoms with Crippen LogP contribution in [0.3, 0.4) is 0 Å². The van der Waals surface area contributed by atoms with Crippen LogP contribution in [0, 0.1) is 11.8 Å². The third kappa shape index (κ3) is 6.42. The van der Waals surface area contributed by atoms with E-state index in [1.807, 2.05) is 25.9 Å². The van der Waals surface area contributed by atoms with Crippen molar-refractivity contribution >= 4 is 11.7 Å². The number of amides is 1. The number of nitrogens with zero attached hydrogens (tertiary/aromatic N) is 2. The Balaban J connectivity index is 4.75. The summed E-state index contributed by atoms with van der Waals surface area (Å²) < 4.78 is 0. The Labute approximate surface area is 116 Å². The lowest BCUT2D eigenvalue weighted by molar-refractivity contribution is -0.124. The highest BCUT2D eigenvalue weighted by Gasteiger charge is 2.26. The summed E-state index contributed by atoms with van der Waals surface area (Å²) in [6, 6.07) is 0.0494. The molecule has 6 nitrogen and oxygen atoms in total. The normalized spacial score (nSPS) is 15.6. The van der Waals surface area contributed by atoms with Crippen molar-refractivity contribution in [1.82, 2.24) is 10.2 Å². The Kier molecular flexibility index (Phi) is 8.14. The summed E-state index contributed by atoms with van der Waals surface area (Å²) in [6.07, 6.45) is 1.38. The minimum atomic E-state index is -0.557. The maximum atomic E-state index is 12.2. The molecule has 1 amide bonds. The third-order valence-electron chi connectivity index (χ3n) is 3.06. The smallest absolute Gasteiger partial charge is 0.231 e. The molecule has 0 heterocycles. The maximum Gasteiger partial charge on any atom is 0.231 e. The first kappa shape index (κ1) is 17.7. The molecule has 4 N–H and O–H groups in total. The fraction of sp³-hybridized carbons (Fsp3) is 0.846. The van der Waals surface area contributed by atoms with Crippen LogP contribution in [0.1, 0.15) is 33.6 Å². The highest BCUT2D eigenvalue weighted by atomic mass is 16.4. The van der Waals surface area contributed by atoms with E-state index in [4.69, 9.17) is 10.9 Å². The van der Waals surface area contributed by atoms with E-state index >= 15 is 0 Å². The standard InChI is InChI=1S/C13H28N4O2/c1-6-7-10(12(14)16-19)13(18)15-11(9(2)3)8-17(4)5/h9-11,19H,6-8H2,1-5H3,(H2,14,16)(H,15,18). The number of nitrogens with two attached hydrogens (primary N) is 1. The summed E-state index contributed by atoms with van der Waals surface area (Å²) in [4.78, 5) is 14.3. The SMILES string of the molecule is CCCC(C(=O)NC(CN(C)C)C(C)C)C(N)=NO. The van der Waals surface area contributed by atoms with Gasteiger partial charge in [0, 0.05) is 12.6 Å². The molecule has 0 spiro atoms. The van der Waals surface area contributed by atoms with Gasteiger partial charge in [-0.1, -0.05) is 32.3 Å². The zero-order valence-electron chi connectivity index (χ0n) is 12.7. The van der Waals surface area contributed by atoms with Gasteiger partial charge in [-0.25, -0.2) is 0 Å². The van der Waals surface area contributed by atoms with E-state index < -0.39 is 5.92 Å². The third-order valence-corrected chi connectivity index (χ3v) is 3.06. The Morgan fingerprint density at radius 2 is 2.00 bits per heavy atom. The Morgan fingerprint density at radius 1 is 1.42 bits per heavy atom. The molecule has 112 valence electrons. The zero-order valence-corrected chi connectivity index (χ0v) is 12.7. The number of carbonyl (C=O) groups is 1. The Hall–Kier alpha value is -1.30. The number of likely N-dealkylation sites (N-methyl/N-ethyl adjacent to an activating group) is 1. The van der Waals surface area contributed by atoms with Crippen LogP contribution in [0.4, 0.5) is 0 Å². The summed E-state index contributed by atoms with van der Waals surface area (Å²) in [5.41, 5.74) is 5.59. The summed E-state index contributed by atoms with van der Waals surface area (Å²) in [6.45, 7) is 6.85. The predicted molar refractivity (Wildman–Crippen MR) is 77.1 cm³/mol. The molecular weight excluding hydrogens is 244 g/mol. The number of hydrogen-bond acceptors (Lipinski definition) is 4. The summed E-state index contributed by atoms with van der Waals surface area (Å²) >= 11 is 0. The molecule has 0 radical (unpaired) electrons. The van der Waals surface area contributed by atoms with Crippen LogP contribution in [0.2, 0.25) is 0 Å². The molecule has 2 unspecified atom stereocenters. The molecule has 0 saturated carbocycles. The summed E-state index contributed by atoms with van der Waals surface area (Å²) in [7, 11) is 3.93. The second kappa shape index (κ2) is 8.74. The second-order valence-electron chi connectivity index (χ2n) is 5.49. The first-order chi connectivity index (χ1) is 8.83. The van der Waals surface area contributed by atoms with Crippen LogP contribution >= 0.6 is 0 Å². The first-order valence-electron chi connectivity index (χ1n) is 6.75. The van der Waals surface area contributed by atoms with E-state index in [9.17, 15) is 4.79 Å². The van der Waals surface area contributed by atoms with Crippen LogP contribution in [-0.2, 0) is 4.79 Å². The number of carbonyl (C=O) groups excluding carboxylic acids is 1.